The molecular formula is C11H14O4S. The lowest BCUT2D eigenvalue weighted by Gasteiger charge is -2.12. The number of hydrogen-bond acceptors (Lipinski definition) is 4. The number of thiol groups is 1. The molecule has 4 nitrogen and oxygen atoms in total. The average Bonchev–Trinajstić information content (AvgIpc) is 2.26. The van der Waals surface area contributed by atoms with Crippen LogP contribution in [0, 0.1) is 0 Å². The first-order chi connectivity index (χ1) is 7.60. The molecule has 16 heavy (non-hydrogen) atoms. The molecule has 0 radical (unpaired) electrons. The van der Waals surface area contributed by atoms with Crippen molar-refractivity contribution in [2.24, 2.45) is 0 Å². The average molecular weight is 242 g/mol. The van der Waals surface area contributed by atoms with Crippen LogP contribution in [0.5, 0.6) is 11.5 Å². The Hall–Kier alpha value is -1.36. The molecule has 0 aromatic heterocycles. The Kier molecular flexibility index (Phi) is 4.49. The number of ether oxygens (including phenoxy) is 2. The number of aliphatic carboxylic acids is 1. The normalized spacial score (nSPS) is 9.94. The summed E-state index contributed by atoms with van der Waals surface area (Å²) in [6.45, 7) is 0. The topological polar surface area (TPSA) is 55.8 Å². The first kappa shape index (κ1) is 12.7. The monoisotopic (exact) mass is 242 g/mol. The molecule has 1 aromatic carbocycles. The molecule has 0 aliphatic heterocycles. The smallest absolute Gasteiger partial charge is 0.303 e. The van der Waals surface area contributed by atoms with Crippen LogP contribution in [0.25, 0.3) is 0 Å². The van der Waals surface area contributed by atoms with E-state index >= 15 is 0 Å². The Labute approximate surface area is 99.6 Å². The Balaban J connectivity index is 2.99. The molecule has 0 aliphatic carbocycles. The van der Waals surface area contributed by atoms with Gasteiger partial charge in [0.05, 0.1) is 19.1 Å². The molecule has 1 aromatic rings. The number of hydrogen-bond donors (Lipinski definition) is 2. The number of aryl methyl sites for hydroxylation is 1. The molecular weight excluding hydrogens is 228 g/mol. The Bertz CT molecular complexity index is 390. The van der Waals surface area contributed by atoms with Crippen LogP contribution in [0.4, 0.5) is 0 Å². The van der Waals surface area contributed by atoms with Gasteiger partial charge in [0.15, 0.2) is 11.5 Å². The van der Waals surface area contributed by atoms with E-state index in [0.29, 0.717) is 22.8 Å². The second kappa shape index (κ2) is 5.65. The van der Waals surface area contributed by atoms with Gasteiger partial charge in [-0.25, -0.2) is 0 Å². The van der Waals surface area contributed by atoms with Crippen molar-refractivity contribution >= 4 is 18.6 Å². The summed E-state index contributed by atoms with van der Waals surface area (Å²) in [5.41, 5.74) is 0.836. The van der Waals surface area contributed by atoms with Crippen LogP contribution in [0.2, 0.25) is 0 Å². The Morgan fingerprint density at radius 1 is 1.38 bits per heavy atom. The highest BCUT2D eigenvalue weighted by Crippen LogP contribution is 2.36. The van der Waals surface area contributed by atoms with Gasteiger partial charge in [0.2, 0.25) is 0 Å². The maximum atomic E-state index is 10.5. The third kappa shape index (κ3) is 2.82. The zero-order chi connectivity index (χ0) is 12.1. The third-order valence-corrected chi connectivity index (χ3v) is 2.70. The van der Waals surface area contributed by atoms with Crippen molar-refractivity contribution < 1.29 is 19.4 Å². The van der Waals surface area contributed by atoms with Gasteiger partial charge in [-0.3, -0.25) is 4.79 Å². The van der Waals surface area contributed by atoms with E-state index < -0.39 is 5.97 Å². The number of carbonyl (C=O) groups is 1. The van der Waals surface area contributed by atoms with E-state index in [1.165, 1.54) is 7.11 Å². The predicted molar refractivity (Wildman–Crippen MR) is 62.8 cm³/mol. The van der Waals surface area contributed by atoms with Crippen LogP contribution < -0.4 is 9.47 Å². The van der Waals surface area contributed by atoms with Gasteiger partial charge in [-0.05, 0) is 18.1 Å². The number of carboxylic acid groups (broad SMARTS) is 1. The van der Waals surface area contributed by atoms with Gasteiger partial charge in [0.25, 0.3) is 0 Å². The van der Waals surface area contributed by atoms with E-state index in [0.717, 1.165) is 5.56 Å². The van der Waals surface area contributed by atoms with Crippen molar-refractivity contribution in [3.05, 3.63) is 17.7 Å². The summed E-state index contributed by atoms with van der Waals surface area (Å²) in [4.78, 5) is 11.1. The van der Waals surface area contributed by atoms with E-state index in [1.807, 2.05) is 0 Å². The lowest BCUT2D eigenvalue weighted by atomic mass is 10.1. The molecule has 0 saturated carbocycles. The molecule has 0 spiro atoms. The third-order valence-electron chi connectivity index (χ3n) is 2.21. The molecule has 1 rings (SSSR count). The van der Waals surface area contributed by atoms with E-state index in [2.05, 4.69) is 12.6 Å². The van der Waals surface area contributed by atoms with Crippen LogP contribution in [-0.4, -0.2) is 25.3 Å². The summed E-state index contributed by atoms with van der Waals surface area (Å²) in [6, 6.07) is 3.54. The summed E-state index contributed by atoms with van der Waals surface area (Å²) in [5.74, 6) is 0.294. The van der Waals surface area contributed by atoms with Crippen molar-refractivity contribution in [3.8, 4) is 11.5 Å². The van der Waals surface area contributed by atoms with E-state index in [4.69, 9.17) is 14.6 Å². The van der Waals surface area contributed by atoms with Crippen molar-refractivity contribution in [2.45, 2.75) is 17.7 Å². The first-order valence-corrected chi connectivity index (χ1v) is 5.19. The number of carboxylic acids is 1. The van der Waals surface area contributed by atoms with Crippen molar-refractivity contribution in [1.29, 1.82) is 0 Å². The quantitative estimate of drug-likeness (QED) is 0.775. The Morgan fingerprint density at radius 2 is 2.06 bits per heavy atom. The molecule has 1 N–H and O–H groups in total. The van der Waals surface area contributed by atoms with Gasteiger partial charge < -0.3 is 14.6 Å². The fourth-order valence-electron chi connectivity index (χ4n) is 1.39. The first-order valence-electron chi connectivity index (χ1n) is 4.74. The highest BCUT2D eigenvalue weighted by Gasteiger charge is 2.12. The summed E-state index contributed by atoms with van der Waals surface area (Å²) in [5, 5.41) is 8.61. The molecule has 0 saturated heterocycles. The number of rotatable bonds is 5. The molecule has 0 amide bonds. The summed E-state index contributed by atoms with van der Waals surface area (Å²) in [6.07, 6.45) is 0.498. The van der Waals surface area contributed by atoms with Crippen molar-refractivity contribution in [1.82, 2.24) is 0 Å². The highest BCUT2D eigenvalue weighted by atomic mass is 32.1. The largest absolute Gasteiger partial charge is 0.493 e. The van der Waals surface area contributed by atoms with E-state index in [-0.39, 0.29) is 6.42 Å². The summed E-state index contributed by atoms with van der Waals surface area (Å²) in [7, 11) is 3.07. The van der Waals surface area contributed by atoms with Crippen molar-refractivity contribution in [3.63, 3.8) is 0 Å². The maximum Gasteiger partial charge on any atom is 0.303 e. The summed E-state index contributed by atoms with van der Waals surface area (Å²) < 4.78 is 10.3. The number of benzene rings is 1. The van der Waals surface area contributed by atoms with Crippen molar-refractivity contribution in [2.75, 3.05) is 14.2 Å². The molecule has 5 heteroatoms. The fourth-order valence-corrected chi connectivity index (χ4v) is 1.78. The zero-order valence-electron chi connectivity index (χ0n) is 9.19. The summed E-state index contributed by atoms with van der Waals surface area (Å²) >= 11 is 4.32. The molecule has 0 heterocycles. The molecule has 0 fully saturated rings. The standard InChI is InChI=1S/C11H14O4S/c1-14-8-5-3-7(4-6-9(12)13)11(16)10(8)15-2/h3,5,16H,4,6H2,1-2H3,(H,12,13). The zero-order valence-corrected chi connectivity index (χ0v) is 10.1. The Morgan fingerprint density at radius 3 is 2.56 bits per heavy atom. The van der Waals surface area contributed by atoms with Crippen LogP contribution >= 0.6 is 12.6 Å². The van der Waals surface area contributed by atoms with Gasteiger partial charge in [-0.15, -0.1) is 12.6 Å². The van der Waals surface area contributed by atoms with E-state index in [1.54, 1.807) is 19.2 Å². The molecule has 88 valence electrons. The van der Waals surface area contributed by atoms with Crippen LogP contribution in [-0.2, 0) is 11.2 Å². The molecule has 0 aliphatic rings. The van der Waals surface area contributed by atoms with Gasteiger partial charge in [0, 0.05) is 6.42 Å². The van der Waals surface area contributed by atoms with Gasteiger partial charge in [-0.2, -0.15) is 0 Å². The van der Waals surface area contributed by atoms with Gasteiger partial charge in [0.1, 0.15) is 0 Å². The highest BCUT2D eigenvalue weighted by molar-refractivity contribution is 7.80. The second-order valence-corrected chi connectivity index (χ2v) is 3.65. The molecule has 0 unspecified atom stereocenters. The molecule has 0 bridgehead atoms. The molecule has 0 atom stereocenters. The van der Waals surface area contributed by atoms with E-state index in [9.17, 15) is 4.79 Å². The lowest BCUT2D eigenvalue weighted by molar-refractivity contribution is -0.136. The van der Waals surface area contributed by atoms with Gasteiger partial charge in [-0.1, -0.05) is 6.07 Å². The fraction of sp³-hybridized carbons (Fsp3) is 0.364. The minimum Gasteiger partial charge on any atom is -0.493 e. The van der Waals surface area contributed by atoms with Crippen LogP contribution in [0.3, 0.4) is 0 Å². The van der Waals surface area contributed by atoms with Crippen LogP contribution in [0.1, 0.15) is 12.0 Å². The van der Waals surface area contributed by atoms with Crippen LogP contribution in [0.15, 0.2) is 17.0 Å². The van der Waals surface area contributed by atoms with Gasteiger partial charge >= 0.3 is 5.97 Å². The predicted octanol–water partition coefficient (Wildman–Crippen LogP) is 2.01. The minimum absolute atomic E-state index is 0.0725. The minimum atomic E-state index is -0.831. The lowest BCUT2D eigenvalue weighted by Crippen LogP contribution is -2.00. The second-order valence-electron chi connectivity index (χ2n) is 3.20. The SMILES string of the molecule is COc1ccc(CCC(=O)O)c(S)c1OC. The maximum absolute atomic E-state index is 10.5. The number of methoxy groups -OCH3 is 2.